The molecule has 1 amide bonds. The molecule has 3 rings (SSSR count). The van der Waals surface area contributed by atoms with Crippen molar-refractivity contribution >= 4 is 29.3 Å². The predicted octanol–water partition coefficient (Wildman–Crippen LogP) is 3.13. The van der Waals surface area contributed by atoms with Crippen LogP contribution in [0.15, 0.2) is 30.3 Å². The number of carbonyl (C=O) groups is 1. The first-order valence-corrected chi connectivity index (χ1v) is 9.16. The van der Waals surface area contributed by atoms with E-state index in [2.05, 4.69) is 10.2 Å². The Labute approximate surface area is 153 Å². The van der Waals surface area contributed by atoms with Gasteiger partial charge in [0, 0.05) is 25.8 Å². The topological polar surface area (TPSA) is 41.6 Å². The zero-order chi connectivity index (χ0) is 17.6. The Hall–Kier alpha value is -1.79. The Morgan fingerprint density at radius 2 is 2.04 bits per heavy atom. The predicted molar refractivity (Wildman–Crippen MR) is 99.4 cm³/mol. The van der Waals surface area contributed by atoms with Crippen LogP contribution in [0.3, 0.4) is 0 Å². The van der Waals surface area contributed by atoms with Crippen LogP contribution in [0.4, 0.5) is 4.39 Å². The highest BCUT2D eigenvalue weighted by Gasteiger charge is 2.28. The van der Waals surface area contributed by atoms with Crippen LogP contribution in [-0.2, 0) is 9.53 Å². The molecule has 134 valence electrons. The lowest BCUT2D eigenvalue weighted by molar-refractivity contribution is -0.115. The Bertz CT molecular complexity index is 637. The molecule has 25 heavy (non-hydrogen) atoms. The quantitative estimate of drug-likeness (QED) is 0.624. The van der Waals surface area contributed by atoms with Crippen molar-refractivity contribution in [2.24, 2.45) is 5.92 Å². The molecule has 0 spiro atoms. The molecule has 1 aliphatic heterocycles. The van der Waals surface area contributed by atoms with Gasteiger partial charge in [0.15, 0.2) is 5.11 Å². The van der Waals surface area contributed by atoms with Crippen LogP contribution < -0.4 is 5.32 Å². The minimum atomic E-state index is -0.298. The summed E-state index contributed by atoms with van der Waals surface area (Å²) in [7, 11) is 0. The van der Waals surface area contributed by atoms with Gasteiger partial charge in [-0.3, -0.25) is 10.1 Å². The fourth-order valence-electron chi connectivity index (χ4n) is 2.86. The maximum absolute atomic E-state index is 12.9. The summed E-state index contributed by atoms with van der Waals surface area (Å²) >= 11 is 5.44. The molecule has 1 saturated carbocycles. The highest BCUT2D eigenvalue weighted by Crippen LogP contribution is 2.30. The molecule has 2 aliphatic rings. The number of hydrogen-bond acceptors (Lipinski definition) is 3. The van der Waals surface area contributed by atoms with Crippen molar-refractivity contribution in [3.63, 3.8) is 0 Å². The summed E-state index contributed by atoms with van der Waals surface area (Å²) in [5.74, 6) is 0.0982. The summed E-state index contributed by atoms with van der Waals surface area (Å²) < 4.78 is 18.6. The van der Waals surface area contributed by atoms with E-state index in [0.29, 0.717) is 11.0 Å². The van der Waals surface area contributed by atoms with Crippen molar-refractivity contribution in [1.82, 2.24) is 10.2 Å². The maximum atomic E-state index is 12.9. The van der Waals surface area contributed by atoms with Gasteiger partial charge in [-0.15, -0.1) is 0 Å². The van der Waals surface area contributed by atoms with Crippen molar-refractivity contribution < 1.29 is 13.9 Å². The number of nitrogens with zero attached hydrogens (tertiary/aromatic N) is 1. The number of benzene rings is 1. The second-order valence-electron chi connectivity index (χ2n) is 6.66. The third-order valence-electron chi connectivity index (χ3n) is 4.44. The van der Waals surface area contributed by atoms with Gasteiger partial charge in [0.05, 0.1) is 6.10 Å². The van der Waals surface area contributed by atoms with Gasteiger partial charge in [-0.1, -0.05) is 12.1 Å². The summed E-state index contributed by atoms with van der Waals surface area (Å²) in [6.45, 7) is 2.42. The first-order chi connectivity index (χ1) is 12.1. The normalized spacial score (nSPS) is 20.0. The lowest BCUT2D eigenvalue weighted by Gasteiger charge is -2.27. The molecule has 1 saturated heterocycles. The van der Waals surface area contributed by atoms with Gasteiger partial charge in [-0.05, 0) is 67.6 Å². The minimum Gasteiger partial charge on any atom is -0.376 e. The lowest BCUT2D eigenvalue weighted by atomic mass is 10.2. The molecule has 1 N–H and O–H groups in total. The molecule has 1 aromatic carbocycles. The number of amides is 1. The summed E-state index contributed by atoms with van der Waals surface area (Å²) in [5.41, 5.74) is 0.761. The van der Waals surface area contributed by atoms with Crippen LogP contribution >= 0.6 is 12.2 Å². The average Bonchev–Trinajstić information content (AvgIpc) is 3.26. The summed E-state index contributed by atoms with van der Waals surface area (Å²) in [6, 6.07) is 5.96. The molecule has 0 bridgehead atoms. The zero-order valence-corrected chi connectivity index (χ0v) is 14.9. The minimum absolute atomic E-state index is 0.198. The van der Waals surface area contributed by atoms with Crippen LogP contribution in [0.25, 0.3) is 6.08 Å². The van der Waals surface area contributed by atoms with Crippen LogP contribution in [-0.4, -0.2) is 41.7 Å². The molecule has 1 atom stereocenters. The van der Waals surface area contributed by atoms with Crippen molar-refractivity contribution in [3.05, 3.63) is 41.7 Å². The van der Waals surface area contributed by atoms with E-state index in [0.717, 1.165) is 38.1 Å². The average molecular weight is 362 g/mol. The third kappa shape index (κ3) is 5.90. The van der Waals surface area contributed by atoms with Gasteiger partial charge < -0.3 is 9.64 Å². The summed E-state index contributed by atoms with van der Waals surface area (Å²) in [4.78, 5) is 14.2. The van der Waals surface area contributed by atoms with Gasteiger partial charge in [-0.2, -0.15) is 0 Å². The SMILES string of the molecule is O=C(/C=C/c1ccc(F)cc1)NC(=S)N(CC1CC1)CC1CCCO1. The summed E-state index contributed by atoms with van der Waals surface area (Å²) in [5, 5.41) is 3.23. The smallest absolute Gasteiger partial charge is 0.250 e. The number of ether oxygens (including phenoxy) is 1. The molecule has 1 unspecified atom stereocenters. The molecule has 0 aromatic heterocycles. The van der Waals surface area contributed by atoms with E-state index in [1.54, 1.807) is 18.2 Å². The Balaban J connectivity index is 1.53. The Kier molecular flexibility index (Phi) is 6.15. The van der Waals surface area contributed by atoms with E-state index in [1.807, 2.05) is 0 Å². The van der Waals surface area contributed by atoms with Crippen LogP contribution in [0.5, 0.6) is 0 Å². The zero-order valence-electron chi connectivity index (χ0n) is 14.1. The lowest BCUT2D eigenvalue weighted by Crippen LogP contribution is -2.46. The van der Waals surface area contributed by atoms with E-state index in [-0.39, 0.29) is 17.8 Å². The van der Waals surface area contributed by atoms with Gasteiger partial charge in [-0.25, -0.2) is 4.39 Å². The van der Waals surface area contributed by atoms with Crippen molar-refractivity contribution in [3.8, 4) is 0 Å². The fraction of sp³-hybridized carbons (Fsp3) is 0.474. The molecule has 1 aromatic rings. The van der Waals surface area contributed by atoms with Crippen LogP contribution in [0.1, 0.15) is 31.2 Å². The molecular formula is C19H23FN2O2S. The van der Waals surface area contributed by atoms with Gasteiger partial charge in [0.25, 0.3) is 0 Å². The standard InChI is InChI=1S/C19H23FN2O2S/c20-16-8-5-14(6-9-16)7-10-18(23)21-19(25)22(12-15-3-4-15)13-17-2-1-11-24-17/h5-10,15,17H,1-4,11-13H2,(H,21,23,25)/b10-7+. The third-order valence-corrected chi connectivity index (χ3v) is 4.80. The number of nitrogens with one attached hydrogen (secondary N) is 1. The number of rotatable bonds is 6. The highest BCUT2D eigenvalue weighted by molar-refractivity contribution is 7.80. The number of thiocarbonyl (C=S) groups is 1. The molecule has 1 aliphatic carbocycles. The molecule has 6 heteroatoms. The largest absolute Gasteiger partial charge is 0.376 e. The van der Waals surface area contributed by atoms with E-state index in [4.69, 9.17) is 17.0 Å². The van der Waals surface area contributed by atoms with Gasteiger partial charge in [0.2, 0.25) is 5.91 Å². The molecule has 2 fully saturated rings. The van der Waals surface area contributed by atoms with Gasteiger partial charge >= 0.3 is 0 Å². The molecule has 0 radical (unpaired) electrons. The number of hydrogen-bond donors (Lipinski definition) is 1. The van der Waals surface area contributed by atoms with E-state index in [9.17, 15) is 9.18 Å². The first kappa shape index (κ1) is 18.0. The Morgan fingerprint density at radius 1 is 1.28 bits per heavy atom. The van der Waals surface area contributed by atoms with Crippen LogP contribution in [0.2, 0.25) is 0 Å². The van der Waals surface area contributed by atoms with Gasteiger partial charge in [0.1, 0.15) is 5.82 Å². The fourth-order valence-corrected chi connectivity index (χ4v) is 3.11. The number of halogens is 1. The molecule has 4 nitrogen and oxygen atoms in total. The monoisotopic (exact) mass is 362 g/mol. The summed E-state index contributed by atoms with van der Waals surface area (Å²) in [6.07, 6.45) is 7.84. The van der Waals surface area contributed by atoms with Crippen molar-refractivity contribution in [2.45, 2.75) is 31.8 Å². The van der Waals surface area contributed by atoms with Crippen molar-refractivity contribution in [2.75, 3.05) is 19.7 Å². The maximum Gasteiger partial charge on any atom is 0.250 e. The second-order valence-corrected chi connectivity index (χ2v) is 7.05. The first-order valence-electron chi connectivity index (χ1n) is 8.75. The van der Waals surface area contributed by atoms with E-state index in [1.165, 1.54) is 31.1 Å². The van der Waals surface area contributed by atoms with Crippen LogP contribution in [0, 0.1) is 11.7 Å². The molecular weight excluding hydrogens is 339 g/mol. The Morgan fingerprint density at radius 3 is 2.68 bits per heavy atom. The van der Waals surface area contributed by atoms with Crippen molar-refractivity contribution in [1.29, 1.82) is 0 Å². The second kappa shape index (κ2) is 8.54. The highest BCUT2D eigenvalue weighted by atomic mass is 32.1. The van der Waals surface area contributed by atoms with E-state index < -0.39 is 0 Å². The molecule has 1 heterocycles. The van der Waals surface area contributed by atoms with E-state index >= 15 is 0 Å². The number of carbonyl (C=O) groups excluding carboxylic acids is 1.